The van der Waals surface area contributed by atoms with Crippen molar-refractivity contribution in [2.24, 2.45) is 0 Å². The van der Waals surface area contributed by atoms with Crippen LogP contribution in [-0.2, 0) is 16.0 Å². The number of aliphatic carboxylic acids is 1. The normalized spacial score (nSPS) is 12.4. The van der Waals surface area contributed by atoms with Gasteiger partial charge < -0.3 is 14.6 Å². The average Bonchev–Trinajstić information content (AvgIpc) is 3.06. The zero-order chi connectivity index (χ0) is 21.9. The number of amides is 1. The number of hydrogen-bond donors (Lipinski definition) is 2. The van der Waals surface area contributed by atoms with E-state index in [1.165, 1.54) is 11.8 Å². The summed E-state index contributed by atoms with van der Waals surface area (Å²) < 4.78 is 12.1. The highest BCUT2D eigenvalue weighted by Gasteiger charge is 2.23. The number of hydrogen-bond acceptors (Lipinski definition) is 5. The molecule has 0 saturated heterocycles. The number of carboxylic acid groups (broad SMARTS) is 1. The first-order chi connectivity index (χ1) is 14.2. The first-order valence-corrected chi connectivity index (χ1v) is 9.50. The molecule has 8 nitrogen and oxygen atoms in total. The molecule has 158 valence electrons. The van der Waals surface area contributed by atoms with Crippen LogP contribution in [0.5, 0.6) is 5.75 Å². The van der Waals surface area contributed by atoms with E-state index in [-0.39, 0.29) is 0 Å². The van der Waals surface area contributed by atoms with Crippen molar-refractivity contribution in [3.63, 3.8) is 0 Å². The van der Waals surface area contributed by atoms with E-state index in [9.17, 15) is 14.7 Å². The lowest BCUT2D eigenvalue weighted by atomic mass is 10.1. The van der Waals surface area contributed by atoms with E-state index in [1.807, 2.05) is 30.3 Å². The van der Waals surface area contributed by atoms with E-state index in [1.54, 1.807) is 39.1 Å². The second kappa shape index (κ2) is 8.44. The molecule has 0 saturated carbocycles. The Balaban J connectivity index is 1.92. The van der Waals surface area contributed by atoms with Crippen LogP contribution >= 0.6 is 0 Å². The Morgan fingerprint density at radius 2 is 1.90 bits per heavy atom. The van der Waals surface area contributed by atoms with Crippen LogP contribution < -0.4 is 10.1 Å². The van der Waals surface area contributed by atoms with Gasteiger partial charge in [0.05, 0.1) is 18.3 Å². The summed E-state index contributed by atoms with van der Waals surface area (Å²) in [5, 5.41) is 17.5. The van der Waals surface area contributed by atoms with Gasteiger partial charge in [0.15, 0.2) is 6.04 Å². The number of carbonyl (C=O) groups is 2. The number of rotatable bonds is 6. The molecule has 0 aliphatic heterocycles. The second-order valence-electron chi connectivity index (χ2n) is 7.89. The molecule has 1 heterocycles. The largest absolute Gasteiger partial charge is 0.494 e. The topological polar surface area (TPSA) is 103 Å². The number of ether oxygens (including phenoxy) is 2. The van der Waals surface area contributed by atoms with Crippen molar-refractivity contribution >= 4 is 28.7 Å². The van der Waals surface area contributed by atoms with Gasteiger partial charge in [-0.25, -0.2) is 9.59 Å². The van der Waals surface area contributed by atoms with E-state index >= 15 is 0 Å². The summed E-state index contributed by atoms with van der Waals surface area (Å²) in [6.45, 7) is 5.32. The van der Waals surface area contributed by atoms with Gasteiger partial charge in [-0.2, -0.15) is 5.10 Å². The number of anilines is 1. The Morgan fingerprint density at radius 3 is 2.50 bits per heavy atom. The predicted molar refractivity (Wildman–Crippen MR) is 113 cm³/mol. The maximum absolute atomic E-state index is 12.2. The summed E-state index contributed by atoms with van der Waals surface area (Å²) in [4.78, 5) is 24.0. The molecular weight excluding hydrogens is 386 g/mol. The van der Waals surface area contributed by atoms with Crippen LogP contribution in [0.15, 0.2) is 48.7 Å². The molecule has 1 unspecified atom stereocenters. The molecule has 1 amide bonds. The Kier molecular flexibility index (Phi) is 5.96. The third-order valence-corrected chi connectivity index (χ3v) is 4.36. The maximum atomic E-state index is 12.2. The van der Waals surface area contributed by atoms with Crippen LogP contribution in [0.1, 0.15) is 32.4 Å². The Bertz CT molecular complexity index is 1050. The highest BCUT2D eigenvalue weighted by molar-refractivity contribution is 5.93. The fraction of sp³-hybridized carbons (Fsp3) is 0.318. The third kappa shape index (κ3) is 5.08. The van der Waals surface area contributed by atoms with Gasteiger partial charge in [0.25, 0.3) is 0 Å². The SMILES string of the molecule is COc1cc2nn(C(Cc3ccccc3)C(=O)O)cc2cc1NC(=O)OC(C)(C)C. The van der Waals surface area contributed by atoms with Gasteiger partial charge >= 0.3 is 12.1 Å². The molecule has 2 N–H and O–H groups in total. The lowest BCUT2D eigenvalue weighted by Gasteiger charge is -2.20. The highest BCUT2D eigenvalue weighted by Crippen LogP contribution is 2.31. The quantitative estimate of drug-likeness (QED) is 0.628. The standard InChI is InChI=1S/C22H25N3O5/c1-22(2,3)30-21(28)23-17-11-15-13-25(24-16(15)12-19(17)29-4)18(20(26)27)10-14-8-6-5-7-9-14/h5-9,11-13,18H,10H2,1-4H3,(H,23,28)(H,26,27). The number of carbonyl (C=O) groups excluding carboxylic acids is 1. The van der Waals surface area contributed by atoms with Gasteiger partial charge in [-0.3, -0.25) is 10.00 Å². The van der Waals surface area contributed by atoms with Crippen molar-refractivity contribution in [3.8, 4) is 5.75 Å². The maximum Gasteiger partial charge on any atom is 0.412 e. The number of fused-ring (bicyclic) bond motifs is 1. The molecule has 1 aromatic heterocycles. The fourth-order valence-electron chi connectivity index (χ4n) is 3.04. The van der Waals surface area contributed by atoms with Crippen molar-refractivity contribution in [1.29, 1.82) is 0 Å². The zero-order valence-electron chi connectivity index (χ0n) is 17.4. The van der Waals surface area contributed by atoms with Crippen molar-refractivity contribution in [2.75, 3.05) is 12.4 Å². The first-order valence-electron chi connectivity index (χ1n) is 9.50. The van der Waals surface area contributed by atoms with Gasteiger partial charge in [0, 0.05) is 24.1 Å². The third-order valence-electron chi connectivity index (χ3n) is 4.36. The van der Waals surface area contributed by atoms with E-state index in [0.29, 0.717) is 28.8 Å². The second-order valence-corrected chi connectivity index (χ2v) is 7.89. The van der Waals surface area contributed by atoms with Gasteiger partial charge in [-0.05, 0) is 32.4 Å². The van der Waals surface area contributed by atoms with E-state index < -0.39 is 23.7 Å². The van der Waals surface area contributed by atoms with Crippen molar-refractivity contribution in [1.82, 2.24) is 9.78 Å². The molecule has 8 heteroatoms. The minimum Gasteiger partial charge on any atom is -0.494 e. The lowest BCUT2D eigenvalue weighted by Crippen LogP contribution is -2.27. The Labute approximate surface area is 174 Å². The lowest BCUT2D eigenvalue weighted by molar-refractivity contribution is -0.141. The molecule has 0 aliphatic rings. The summed E-state index contributed by atoms with van der Waals surface area (Å²) in [6, 6.07) is 11.8. The Hall–Kier alpha value is -3.55. The molecule has 2 aromatic carbocycles. The number of benzene rings is 2. The van der Waals surface area contributed by atoms with Gasteiger partial charge in [0.1, 0.15) is 11.4 Å². The predicted octanol–water partition coefficient (Wildman–Crippen LogP) is 4.26. The van der Waals surface area contributed by atoms with E-state index in [2.05, 4.69) is 10.4 Å². The summed E-state index contributed by atoms with van der Waals surface area (Å²) in [7, 11) is 1.48. The molecule has 3 rings (SSSR count). The number of methoxy groups -OCH3 is 1. The molecule has 0 fully saturated rings. The number of carboxylic acids is 1. The van der Waals surface area contributed by atoms with Gasteiger partial charge in [0.2, 0.25) is 0 Å². The number of nitrogens with one attached hydrogen (secondary N) is 1. The highest BCUT2D eigenvalue weighted by atomic mass is 16.6. The zero-order valence-corrected chi connectivity index (χ0v) is 17.4. The average molecular weight is 411 g/mol. The van der Waals surface area contributed by atoms with Gasteiger partial charge in [-0.15, -0.1) is 0 Å². The minimum atomic E-state index is -0.981. The summed E-state index contributed by atoms with van der Waals surface area (Å²) in [6.07, 6.45) is 1.33. The van der Waals surface area contributed by atoms with Crippen LogP contribution in [0.2, 0.25) is 0 Å². The van der Waals surface area contributed by atoms with Crippen molar-refractivity contribution in [3.05, 3.63) is 54.2 Å². The molecule has 0 bridgehead atoms. The van der Waals surface area contributed by atoms with Crippen LogP contribution in [0, 0.1) is 0 Å². The van der Waals surface area contributed by atoms with Crippen molar-refractivity contribution in [2.45, 2.75) is 38.8 Å². The fourth-order valence-corrected chi connectivity index (χ4v) is 3.04. The van der Waals surface area contributed by atoms with Crippen LogP contribution in [0.3, 0.4) is 0 Å². The smallest absolute Gasteiger partial charge is 0.412 e. The monoisotopic (exact) mass is 411 g/mol. The van der Waals surface area contributed by atoms with Gasteiger partial charge in [-0.1, -0.05) is 30.3 Å². The number of aromatic nitrogens is 2. The molecule has 0 aliphatic carbocycles. The summed E-state index contributed by atoms with van der Waals surface area (Å²) in [5.41, 5.74) is 1.22. The number of nitrogens with zero attached hydrogens (tertiary/aromatic N) is 2. The van der Waals surface area contributed by atoms with Crippen molar-refractivity contribution < 1.29 is 24.2 Å². The molecule has 3 aromatic rings. The molecule has 30 heavy (non-hydrogen) atoms. The summed E-state index contributed by atoms with van der Waals surface area (Å²) >= 11 is 0. The molecule has 0 spiro atoms. The minimum absolute atomic E-state index is 0.296. The summed E-state index contributed by atoms with van der Waals surface area (Å²) in [5.74, 6) is -0.584. The first kappa shape index (κ1) is 21.2. The van der Waals surface area contributed by atoms with Crippen LogP contribution in [0.4, 0.5) is 10.5 Å². The molecule has 0 radical (unpaired) electrons. The Morgan fingerprint density at radius 1 is 1.20 bits per heavy atom. The van der Waals surface area contributed by atoms with Crippen LogP contribution in [-0.4, -0.2) is 39.7 Å². The molecule has 1 atom stereocenters. The van der Waals surface area contributed by atoms with Crippen LogP contribution in [0.25, 0.3) is 10.9 Å². The van der Waals surface area contributed by atoms with E-state index in [0.717, 1.165) is 5.56 Å². The molecular formula is C22H25N3O5. The van der Waals surface area contributed by atoms with E-state index in [4.69, 9.17) is 9.47 Å².